The first-order chi connectivity index (χ1) is 27.0. The first-order valence-corrected chi connectivity index (χ1v) is 20.1. The third-order valence-electron chi connectivity index (χ3n) is 8.57. The van der Waals surface area contributed by atoms with Crippen molar-refractivity contribution < 1.29 is 52.3 Å². The maximum atomic E-state index is 13.5. The van der Waals surface area contributed by atoms with Gasteiger partial charge in [-0.15, -0.1) is 0 Å². The van der Waals surface area contributed by atoms with Gasteiger partial charge in [0.1, 0.15) is 53.1 Å². The molecule has 3 N–H and O–H groups in total. The largest absolute Gasteiger partial charge is 0.458 e. The summed E-state index contributed by atoms with van der Waals surface area (Å²) >= 11 is 0. The van der Waals surface area contributed by atoms with Crippen molar-refractivity contribution in [3.63, 3.8) is 0 Å². The summed E-state index contributed by atoms with van der Waals surface area (Å²) in [6.07, 6.45) is -0.918. The monoisotopic (exact) mass is 834 g/mol. The second-order valence-corrected chi connectivity index (χ2v) is 19.5. The van der Waals surface area contributed by atoms with Crippen molar-refractivity contribution in [2.24, 2.45) is 0 Å². The number of ether oxygens (including phenoxy) is 7. The standard InChI is InChI=1S/C40H66N8O11/c1-23(44-33(50)57-37(5,6)7)16-18-47(19-17-24(32(49)56-36(2,3)4)45-34(51)58-38(8,9)10)20-25-27-28(55-40(14,15)54-27)31(53-25)48-22-43-26-29(41-21-42-30(26)48)46-35(52)59-39(11,12)13/h21-25,27-28,31H,16-20H2,1-15H3,(H,44,50)(H,45,51)(H,41,42,46,52)/t23-,24+,25-,27-,28-,31-/m1/s1. The fourth-order valence-corrected chi connectivity index (χ4v) is 6.45. The molecule has 2 aliphatic rings. The van der Waals surface area contributed by atoms with Gasteiger partial charge in [-0.25, -0.2) is 34.1 Å². The highest BCUT2D eigenvalue weighted by molar-refractivity contribution is 5.93. The van der Waals surface area contributed by atoms with Crippen LogP contribution in [0.5, 0.6) is 0 Å². The summed E-state index contributed by atoms with van der Waals surface area (Å²) in [5.74, 6) is -1.40. The van der Waals surface area contributed by atoms with Crippen molar-refractivity contribution in [3.05, 3.63) is 12.7 Å². The Hall–Kier alpha value is -4.33. The van der Waals surface area contributed by atoms with Gasteiger partial charge < -0.3 is 48.7 Å². The van der Waals surface area contributed by atoms with Gasteiger partial charge in [0, 0.05) is 25.7 Å². The van der Waals surface area contributed by atoms with Crippen molar-refractivity contribution in [1.82, 2.24) is 35.1 Å². The quantitative estimate of drug-likeness (QED) is 0.160. The lowest BCUT2D eigenvalue weighted by Crippen LogP contribution is -2.48. The Morgan fingerprint density at radius 3 is 1.90 bits per heavy atom. The van der Waals surface area contributed by atoms with E-state index in [2.05, 4.69) is 35.8 Å². The van der Waals surface area contributed by atoms with Crippen molar-refractivity contribution in [2.45, 2.75) is 182 Å². The molecule has 3 amide bonds. The first-order valence-electron chi connectivity index (χ1n) is 20.1. The zero-order valence-electron chi connectivity index (χ0n) is 37.4. The number of fused-ring (bicyclic) bond motifs is 2. The van der Waals surface area contributed by atoms with Gasteiger partial charge in [0.2, 0.25) is 0 Å². The molecule has 59 heavy (non-hydrogen) atoms. The van der Waals surface area contributed by atoms with Crippen molar-refractivity contribution in [2.75, 3.05) is 25.0 Å². The van der Waals surface area contributed by atoms with Crippen LogP contribution in [0, 0.1) is 0 Å². The van der Waals surface area contributed by atoms with Gasteiger partial charge in [-0.3, -0.25) is 9.88 Å². The van der Waals surface area contributed by atoms with Crippen LogP contribution in [0.25, 0.3) is 11.2 Å². The van der Waals surface area contributed by atoms with E-state index >= 15 is 0 Å². The number of alkyl carbamates (subject to hydrolysis) is 2. The van der Waals surface area contributed by atoms with Crippen LogP contribution in [0.15, 0.2) is 12.7 Å². The van der Waals surface area contributed by atoms with E-state index in [0.29, 0.717) is 37.2 Å². The molecule has 2 aromatic heterocycles. The normalized spacial score (nSPS) is 21.7. The molecule has 6 atom stereocenters. The maximum absolute atomic E-state index is 13.5. The van der Waals surface area contributed by atoms with Crippen molar-refractivity contribution >= 4 is 41.2 Å². The van der Waals surface area contributed by atoms with Crippen molar-refractivity contribution in [3.8, 4) is 0 Å². The fraction of sp³-hybridized carbons (Fsp3) is 0.775. The molecule has 2 aromatic rings. The van der Waals surface area contributed by atoms with Crippen LogP contribution < -0.4 is 16.0 Å². The highest BCUT2D eigenvalue weighted by atomic mass is 16.8. The lowest BCUT2D eigenvalue weighted by atomic mass is 10.1. The zero-order valence-corrected chi connectivity index (χ0v) is 37.4. The summed E-state index contributed by atoms with van der Waals surface area (Å²) in [6.45, 7) is 27.7. The van der Waals surface area contributed by atoms with Gasteiger partial charge in [0.15, 0.2) is 29.0 Å². The fourth-order valence-electron chi connectivity index (χ4n) is 6.45. The van der Waals surface area contributed by atoms with Gasteiger partial charge in [-0.2, -0.15) is 0 Å². The summed E-state index contributed by atoms with van der Waals surface area (Å²) in [6, 6.07) is -1.33. The average molecular weight is 835 g/mol. The van der Waals surface area contributed by atoms with Crippen LogP contribution in [-0.4, -0.2) is 127 Å². The van der Waals surface area contributed by atoms with E-state index in [-0.39, 0.29) is 18.3 Å². The molecular weight excluding hydrogens is 768 g/mol. The van der Waals surface area contributed by atoms with Gasteiger partial charge in [0.25, 0.3) is 0 Å². The maximum Gasteiger partial charge on any atom is 0.413 e. The molecule has 0 aromatic carbocycles. The molecule has 0 radical (unpaired) electrons. The van der Waals surface area contributed by atoms with Crippen LogP contribution in [0.1, 0.15) is 123 Å². The van der Waals surface area contributed by atoms with Gasteiger partial charge in [-0.05, 0) is 117 Å². The zero-order chi connectivity index (χ0) is 44.3. The molecule has 19 heteroatoms. The van der Waals surface area contributed by atoms with E-state index in [4.69, 9.17) is 33.2 Å². The summed E-state index contributed by atoms with van der Waals surface area (Å²) in [5, 5.41) is 8.26. The molecule has 332 valence electrons. The molecule has 2 saturated heterocycles. The lowest BCUT2D eigenvalue weighted by Gasteiger charge is -2.31. The number of anilines is 1. The minimum Gasteiger partial charge on any atom is -0.458 e. The Morgan fingerprint density at radius 1 is 0.763 bits per heavy atom. The van der Waals surface area contributed by atoms with E-state index in [9.17, 15) is 19.2 Å². The van der Waals surface area contributed by atoms with Gasteiger partial charge in [0.05, 0.1) is 6.33 Å². The number of nitrogens with one attached hydrogen (secondary N) is 3. The van der Waals surface area contributed by atoms with Crippen LogP contribution in [0.4, 0.5) is 20.2 Å². The van der Waals surface area contributed by atoms with E-state index < -0.39 is 83.0 Å². The molecule has 2 fully saturated rings. The Morgan fingerprint density at radius 2 is 1.31 bits per heavy atom. The number of rotatable bonds is 13. The SMILES string of the molecule is C[C@H](CCN(CC[C@H](NC(=O)OC(C)(C)C)C(=O)OC(C)(C)C)C[C@H]1O[C@@H](n2cnc3c(NC(=O)OC(C)(C)C)ncnc32)[C@@H]2OC(C)(C)O[C@@H]21)NC(=O)OC(C)(C)C. The molecule has 19 nitrogen and oxygen atoms in total. The molecule has 0 bridgehead atoms. The topological polar surface area (TPSA) is 216 Å². The smallest absolute Gasteiger partial charge is 0.413 e. The third-order valence-corrected chi connectivity index (χ3v) is 8.57. The Balaban J connectivity index is 1.61. The predicted octanol–water partition coefficient (Wildman–Crippen LogP) is 5.82. The van der Waals surface area contributed by atoms with E-state index in [1.165, 1.54) is 6.33 Å². The molecule has 0 unspecified atom stereocenters. The number of amides is 3. The number of nitrogens with zero attached hydrogens (tertiary/aromatic N) is 5. The molecule has 4 rings (SSSR count). The number of hydrogen-bond donors (Lipinski definition) is 3. The van der Waals surface area contributed by atoms with E-state index in [1.807, 2.05) is 20.8 Å². The summed E-state index contributed by atoms with van der Waals surface area (Å²) in [5.41, 5.74) is -2.29. The first kappa shape index (κ1) is 47.3. The molecule has 0 aliphatic carbocycles. The number of hydrogen-bond acceptors (Lipinski definition) is 15. The van der Waals surface area contributed by atoms with E-state index in [1.54, 1.807) is 94.0 Å². The number of imidazole rings is 1. The van der Waals surface area contributed by atoms with Gasteiger partial charge in [-0.1, -0.05) is 0 Å². The van der Waals surface area contributed by atoms with Crippen LogP contribution in [0.2, 0.25) is 0 Å². The number of carbonyl (C=O) groups excluding carboxylic acids is 4. The Bertz CT molecular complexity index is 1790. The summed E-state index contributed by atoms with van der Waals surface area (Å²) in [4.78, 5) is 67.0. The second-order valence-electron chi connectivity index (χ2n) is 19.5. The summed E-state index contributed by atoms with van der Waals surface area (Å²) in [7, 11) is 0. The average Bonchev–Trinajstić information content (AvgIpc) is 3.69. The van der Waals surface area contributed by atoms with Crippen LogP contribution in [-0.2, 0) is 38.0 Å². The minimum atomic E-state index is -1.04. The third kappa shape index (κ3) is 14.7. The van der Waals surface area contributed by atoms with Crippen molar-refractivity contribution in [1.29, 1.82) is 0 Å². The van der Waals surface area contributed by atoms with Crippen LogP contribution >= 0.6 is 0 Å². The highest BCUT2D eigenvalue weighted by Crippen LogP contribution is 2.44. The highest BCUT2D eigenvalue weighted by Gasteiger charge is 2.56. The second kappa shape index (κ2) is 18.1. The van der Waals surface area contributed by atoms with Crippen LogP contribution in [0.3, 0.4) is 0 Å². The Kier molecular flexibility index (Phi) is 14.5. The van der Waals surface area contributed by atoms with E-state index in [0.717, 1.165) is 0 Å². The summed E-state index contributed by atoms with van der Waals surface area (Å²) < 4.78 is 43.4. The molecular formula is C40H66N8O11. The minimum absolute atomic E-state index is 0.158. The molecule has 0 saturated carbocycles. The molecule has 4 heterocycles. The molecule has 0 spiro atoms. The number of esters is 1. The number of aromatic nitrogens is 4. The lowest BCUT2D eigenvalue weighted by molar-refractivity contribution is -0.198. The molecule has 2 aliphatic heterocycles. The Labute approximate surface area is 347 Å². The number of carbonyl (C=O) groups is 4. The predicted molar refractivity (Wildman–Crippen MR) is 216 cm³/mol. The van der Waals surface area contributed by atoms with Gasteiger partial charge >= 0.3 is 24.2 Å².